The molecule has 0 aliphatic heterocycles. The van der Waals surface area contributed by atoms with E-state index in [0.717, 1.165) is 37.2 Å². The Kier molecular flexibility index (Phi) is 6.09. The third kappa shape index (κ3) is 4.37. The van der Waals surface area contributed by atoms with Gasteiger partial charge in [-0.15, -0.1) is 0 Å². The van der Waals surface area contributed by atoms with Crippen LogP contribution in [0.2, 0.25) is 5.02 Å². The maximum absolute atomic E-state index is 12.8. The minimum Gasteiger partial charge on any atom is -0.320 e. The van der Waals surface area contributed by atoms with Gasteiger partial charge in [0.05, 0.1) is 10.7 Å². The molecule has 2 amide bonds. The Hall–Kier alpha value is -1.26. The zero-order valence-corrected chi connectivity index (χ0v) is 14.5. The Labute approximate surface area is 138 Å². The van der Waals surface area contributed by atoms with E-state index in [4.69, 9.17) is 11.6 Å². The number of carbonyl (C=O) groups is 1. The van der Waals surface area contributed by atoms with Gasteiger partial charge in [-0.1, -0.05) is 36.6 Å². The molecule has 0 radical (unpaired) electrons. The molecule has 0 saturated heterocycles. The van der Waals surface area contributed by atoms with Crippen LogP contribution in [-0.4, -0.2) is 49.1 Å². The fourth-order valence-corrected chi connectivity index (χ4v) is 3.21. The van der Waals surface area contributed by atoms with E-state index in [1.165, 1.54) is 12.8 Å². The molecule has 4 nitrogen and oxygen atoms in total. The second kappa shape index (κ2) is 7.84. The van der Waals surface area contributed by atoms with Gasteiger partial charge in [-0.25, -0.2) is 4.79 Å². The summed E-state index contributed by atoms with van der Waals surface area (Å²) in [5.41, 5.74) is 1.71. The van der Waals surface area contributed by atoms with Gasteiger partial charge < -0.3 is 15.1 Å². The normalized spacial score (nSPS) is 15.3. The zero-order valence-electron chi connectivity index (χ0n) is 13.7. The molecule has 1 N–H and O–H groups in total. The third-order valence-electron chi connectivity index (χ3n) is 4.27. The Bertz CT molecular complexity index is 492. The average Bonchev–Trinajstić information content (AvgIpc) is 2.97. The van der Waals surface area contributed by atoms with Gasteiger partial charge in [-0.3, -0.25) is 0 Å². The van der Waals surface area contributed by atoms with Gasteiger partial charge in [0.2, 0.25) is 0 Å². The van der Waals surface area contributed by atoms with Crippen molar-refractivity contribution in [3.05, 3.63) is 28.8 Å². The van der Waals surface area contributed by atoms with Gasteiger partial charge in [-0.2, -0.15) is 0 Å². The summed E-state index contributed by atoms with van der Waals surface area (Å²) >= 11 is 6.22. The predicted octanol–water partition coefficient (Wildman–Crippen LogP) is 3.99. The summed E-state index contributed by atoms with van der Waals surface area (Å²) in [6.07, 6.45) is 4.62. The molecule has 5 heteroatoms. The predicted molar refractivity (Wildman–Crippen MR) is 92.7 cm³/mol. The van der Waals surface area contributed by atoms with E-state index in [1.54, 1.807) is 0 Å². The molecule has 0 aromatic heterocycles. The number of hydrogen-bond acceptors (Lipinski definition) is 2. The number of carbonyl (C=O) groups excluding carboxylic acids is 1. The highest BCUT2D eigenvalue weighted by molar-refractivity contribution is 6.33. The Morgan fingerprint density at radius 3 is 2.55 bits per heavy atom. The second-order valence-electron chi connectivity index (χ2n) is 6.30. The summed E-state index contributed by atoms with van der Waals surface area (Å²) < 4.78 is 0. The lowest BCUT2D eigenvalue weighted by molar-refractivity contribution is 0.180. The smallest absolute Gasteiger partial charge is 0.320 e. The number of para-hydroxylation sites is 1. The van der Waals surface area contributed by atoms with Gasteiger partial charge in [-0.05, 0) is 45.5 Å². The van der Waals surface area contributed by atoms with E-state index in [9.17, 15) is 4.79 Å². The molecule has 22 heavy (non-hydrogen) atoms. The first-order valence-electron chi connectivity index (χ1n) is 7.96. The van der Waals surface area contributed by atoms with Crippen molar-refractivity contribution in [1.29, 1.82) is 0 Å². The molecule has 1 aliphatic carbocycles. The van der Waals surface area contributed by atoms with Crippen LogP contribution < -0.4 is 5.32 Å². The third-order valence-corrected chi connectivity index (χ3v) is 4.58. The number of nitrogens with one attached hydrogen (secondary N) is 1. The van der Waals surface area contributed by atoms with E-state index in [-0.39, 0.29) is 6.03 Å². The molecule has 1 aliphatic rings. The van der Waals surface area contributed by atoms with E-state index >= 15 is 0 Å². The molecule has 2 rings (SSSR count). The number of benzene rings is 1. The van der Waals surface area contributed by atoms with Crippen LogP contribution in [0.5, 0.6) is 0 Å². The van der Waals surface area contributed by atoms with Crippen molar-refractivity contribution in [2.24, 2.45) is 0 Å². The van der Waals surface area contributed by atoms with E-state index in [2.05, 4.69) is 10.2 Å². The fourth-order valence-electron chi connectivity index (χ4n) is 2.94. The van der Waals surface area contributed by atoms with Gasteiger partial charge in [0.15, 0.2) is 0 Å². The summed E-state index contributed by atoms with van der Waals surface area (Å²) in [6.45, 7) is 3.57. The summed E-state index contributed by atoms with van der Waals surface area (Å²) in [5, 5.41) is 3.61. The lowest BCUT2D eigenvalue weighted by Crippen LogP contribution is -2.45. The van der Waals surface area contributed by atoms with Crippen LogP contribution in [-0.2, 0) is 0 Å². The molecule has 0 atom stereocenters. The van der Waals surface area contributed by atoms with Crippen LogP contribution in [0.15, 0.2) is 18.2 Å². The number of likely N-dealkylation sites (N-methyl/N-ethyl adjacent to an activating group) is 1. The Morgan fingerprint density at radius 1 is 1.27 bits per heavy atom. The topological polar surface area (TPSA) is 35.6 Å². The number of amides is 2. The number of anilines is 1. The second-order valence-corrected chi connectivity index (χ2v) is 6.70. The van der Waals surface area contributed by atoms with Crippen LogP contribution in [0.25, 0.3) is 0 Å². The molecular formula is C17H26ClN3O. The first kappa shape index (κ1) is 17.1. The summed E-state index contributed by atoms with van der Waals surface area (Å²) in [7, 11) is 4.06. The largest absolute Gasteiger partial charge is 0.322 e. The van der Waals surface area contributed by atoms with Gasteiger partial charge in [0.25, 0.3) is 0 Å². The van der Waals surface area contributed by atoms with Crippen LogP contribution >= 0.6 is 11.6 Å². The van der Waals surface area contributed by atoms with Crippen molar-refractivity contribution in [2.75, 3.05) is 32.5 Å². The molecular weight excluding hydrogens is 298 g/mol. The van der Waals surface area contributed by atoms with Crippen molar-refractivity contribution < 1.29 is 4.79 Å². The molecule has 1 saturated carbocycles. The lowest BCUT2D eigenvalue weighted by atomic mass is 10.2. The van der Waals surface area contributed by atoms with Gasteiger partial charge in [0.1, 0.15) is 0 Å². The highest BCUT2D eigenvalue weighted by atomic mass is 35.5. The van der Waals surface area contributed by atoms with E-state index < -0.39 is 0 Å². The first-order valence-corrected chi connectivity index (χ1v) is 8.34. The summed E-state index contributed by atoms with van der Waals surface area (Å²) in [6, 6.07) is 5.98. The van der Waals surface area contributed by atoms with Crippen molar-refractivity contribution in [1.82, 2.24) is 9.80 Å². The van der Waals surface area contributed by atoms with Crippen molar-refractivity contribution in [3.63, 3.8) is 0 Å². The van der Waals surface area contributed by atoms with Crippen LogP contribution in [0, 0.1) is 6.92 Å². The monoisotopic (exact) mass is 323 g/mol. The van der Waals surface area contributed by atoms with Crippen LogP contribution in [0.3, 0.4) is 0 Å². The maximum atomic E-state index is 12.8. The molecule has 1 fully saturated rings. The lowest BCUT2D eigenvalue weighted by Gasteiger charge is -2.30. The molecule has 0 bridgehead atoms. The van der Waals surface area contributed by atoms with Gasteiger partial charge >= 0.3 is 6.03 Å². The molecule has 0 heterocycles. The SMILES string of the molecule is Cc1cccc(Cl)c1NC(=O)N(CCN(C)C)C1CCCC1. The number of hydrogen-bond donors (Lipinski definition) is 1. The summed E-state index contributed by atoms with van der Waals surface area (Å²) in [4.78, 5) is 16.8. The molecule has 1 aromatic carbocycles. The Balaban J connectivity index is 2.10. The highest BCUT2D eigenvalue weighted by Gasteiger charge is 2.27. The fraction of sp³-hybridized carbons (Fsp3) is 0.588. The van der Waals surface area contributed by atoms with Crippen molar-refractivity contribution in [3.8, 4) is 0 Å². The standard InChI is InChI=1S/C17H26ClN3O/c1-13-7-6-10-15(18)16(13)19-17(22)21(12-11-20(2)3)14-8-4-5-9-14/h6-7,10,14H,4-5,8-9,11-12H2,1-3H3,(H,19,22). The van der Waals surface area contributed by atoms with Gasteiger partial charge in [0, 0.05) is 19.1 Å². The number of aryl methyl sites for hydroxylation is 1. The molecule has 122 valence electrons. The van der Waals surface area contributed by atoms with E-state index in [1.807, 2.05) is 44.1 Å². The number of nitrogens with zero attached hydrogens (tertiary/aromatic N) is 2. The summed E-state index contributed by atoms with van der Waals surface area (Å²) in [5.74, 6) is 0. The number of rotatable bonds is 5. The highest BCUT2D eigenvalue weighted by Crippen LogP contribution is 2.28. The average molecular weight is 324 g/mol. The minimum atomic E-state index is -0.0371. The molecule has 0 spiro atoms. The Morgan fingerprint density at radius 2 is 1.95 bits per heavy atom. The molecule has 1 aromatic rings. The van der Waals surface area contributed by atoms with Crippen LogP contribution in [0.4, 0.5) is 10.5 Å². The molecule has 0 unspecified atom stereocenters. The zero-order chi connectivity index (χ0) is 16.1. The first-order chi connectivity index (χ1) is 10.5. The van der Waals surface area contributed by atoms with Crippen LogP contribution in [0.1, 0.15) is 31.2 Å². The van der Waals surface area contributed by atoms with E-state index in [0.29, 0.717) is 11.1 Å². The quantitative estimate of drug-likeness (QED) is 0.889. The minimum absolute atomic E-state index is 0.0371. The number of urea groups is 1. The number of halogens is 1. The van der Waals surface area contributed by atoms with Crippen molar-refractivity contribution >= 4 is 23.3 Å². The van der Waals surface area contributed by atoms with Crippen molar-refractivity contribution in [2.45, 2.75) is 38.6 Å². The maximum Gasteiger partial charge on any atom is 0.322 e.